The molecule has 2 saturated heterocycles. The molecule has 4 N–H and O–H groups in total. The summed E-state index contributed by atoms with van der Waals surface area (Å²) in [5.74, 6) is 0.951. The van der Waals surface area contributed by atoms with Crippen molar-refractivity contribution < 1.29 is 28.7 Å². The molecule has 2 fully saturated rings. The number of hydrogen-bond acceptors (Lipinski definition) is 8. The number of ether oxygens (including phenoxy) is 2. The number of aromatic amines is 2. The van der Waals surface area contributed by atoms with E-state index in [1.165, 1.54) is 14.2 Å². The molecule has 2 aromatic carbocycles. The minimum Gasteiger partial charge on any atom is -0.453 e. The van der Waals surface area contributed by atoms with E-state index in [0.29, 0.717) is 25.3 Å². The van der Waals surface area contributed by atoms with Crippen LogP contribution in [0.5, 0.6) is 0 Å². The zero-order chi connectivity index (χ0) is 45.5. The predicted octanol–water partition coefficient (Wildman–Crippen LogP) is 8.72. The molecule has 4 aromatic rings. The molecule has 1 unspecified atom stereocenters. The number of imidazole rings is 2. The number of nitrogens with one attached hydrogen (secondary N) is 4. The van der Waals surface area contributed by atoms with Crippen molar-refractivity contribution in [3.8, 4) is 11.3 Å². The molecule has 14 nitrogen and oxygen atoms in total. The Labute approximate surface area is 374 Å². The van der Waals surface area contributed by atoms with E-state index >= 15 is 0 Å². The van der Waals surface area contributed by atoms with E-state index < -0.39 is 24.3 Å². The van der Waals surface area contributed by atoms with E-state index in [0.717, 1.165) is 88.1 Å². The highest BCUT2D eigenvalue weighted by Gasteiger charge is 2.39. The zero-order valence-corrected chi connectivity index (χ0v) is 37.5. The van der Waals surface area contributed by atoms with Crippen LogP contribution in [0.2, 0.25) is 0 Å². The topological polar surface area (TPSA) is 175 Å². The van der Waals surface area contributed by atoms with Crippen molar-refractivity contribution in [3.63, 3.8) is 0 Å². The summed E-state index contributed by atoms with van der Waals surface area (Å²) in [5, 5.41) is 5.47. The number of H-pyrrole nitrogens is 2. The molecule has 4 heterocycles. The molecule has 0 saturated carbocycles. The first-order valence-corrected chi connectivity index (χ1v) is 22.1. The number of benzene rings is 2. The van der Waals surface area contributed by atoms with Gasteiger partial charge in [0.05, 0.1) is 49.2 Å². The van der Waals surface area contributed by atoms with Gasteiger partial charge in [0, 0.05) is 13.1 Å². The van der Waals surface area contributed by atoms with Gasteiger partial charge in [-0.1, -0.05) is 94.6 Å². The lowest BCUT2D eigenvalue weighted by atomic mass is 9.94. The summed E-state index contributed by atoms with van der Waals surface area (Å²) in [5.41, 5.74) is 14.5. The third-order valence-electron chi connectivity index (χ3n) is 12.6. The number of allylic oxidation sites excluding steroid dienone is 7. The van der Waals surface area contributed by atoms with Gasteiger partial charge in [0.1, 0.15) is 23.7 Å². The highest BCUT2D eigenvalue weighted by Crippen LogP contribution is 2.36. The first-order valence-electron chi connectivity index (χ1n) is 22.1. The molecule has 2 aromatic heterocycles. The van der Waals surface area contributed by atoms with Gasteiger partial charge in [0.2, 0.25) is 11.8 Å². The predicted molar refractivity (Wildman–Crippen MR) is 246 cm³/mol. The molecule has 4 amide bonds. The number of rotatable bonds is 12. The number of likely N-dealkylation sites (tertiary alicyclic amines) is 2. The Morgan fingerprint density at radius 1 is 0.828 bits per heavy atom. The second kappa shape index (κ2) is 20.1. The molecule has 0 radical (unpaired) electrons. The van der Waals surface area contributed by atoms with Crippen LogP contribution in [0.3, 0.4) is 0 Å². The SMILES string of the molecule is C=C1C=C=C=CC/C(c2ccc3nc([C@@H]4CCCN4C(=O)[C@@H](NC(=O)OC)C(C)CC)[nH]c3c2)=C\C=C1c1ccc(-c2cnc([C@@H]3CCCN3C(=O)[C@@H](NC(=O)OC)C(C)C)[nH]2)cc1. The summed E-state index contributed by atoms with van der Waals surface area (Å²) in [4.78, 5) is 72.0. The van der Waals surface area contributed by atoms with Gasteiger partial charge in [-0.15, -0.1) is 0 Å². The molecule has 1 aliphatic carbocycles. The Balaban J connectivity index is 1.10. The number of carbonyl (C=O) groups is 4. The maximum atomic E-state index is 13.9. The first kappa shape index (κ1) is 45.2. The van der Waals surface area contributed by atoms with Gasteiger partial charge in [-0.25, -0.2) is 19.6 Å². The van der Waals surface area contributed by atoms with Gasteiger partial charge in [0.15, 0.2) is 0 Å². The molecule has 7 rings (SSSR count). The van der Waals surface area contributed by atoms with Crippen molar-refractivity contribution in [2.75, 3.05) is 27.3 Å². The van der Waals surface area contributed by atoms with Crippen LogP contribution in [0.15, 0.2) is 96.6 Å². The largest absolute Gasteiger partial charge is 0.453 e. The van der Waals surface area contributed by atoms with Crippen molar-refractivity contribution in [1.29, 1.82) is 0 Å². The monoisotopic (exact) mass is 866 g/mol. The Bertz CT molecular complexity index is 2570. The summed E-state index contributed by atoms with van der Waals surface area (Å²) in [6.45, 7) is 13.3. The highest BCUT2D eigenvalue weighted by atomic mass is 16.5. The lowest BCUT2D eigenvalue weighted by molar-refractivity contribution is -0.136. The van der Waals surface area contributed by atoms with Crippen molar-refractivity contribution in [2.45, 2.75) is 90.4 Å². The Kier molecular flexibility index (Phi) is 14.2. The minimum absolute atomic E-state index is 0.0730. The van der Waals surface area contributed by atoms with Gasteiger partial charge >= 0.3 is 12.2 Å². The van der Waals surface area contributed by atoms with Crippen LogP contribution in [0.25, 0.3) is 33.4 Å². The van der Waals surface area contributed by atoms with Crippen molar-refractivity contribution >= 4 is 46.2 Å². The summed E-state index contributed by atoms with van der Waals surface area (Å²) in [7, 11) is 2.59. The van der Waals surface area contributed by atoms with E-state index in [1.807, 2.05) is 62.9 Å². The van der Waals surface area contributed by atoms with Crippen LogP contribution in [0, 0.1) is 11.8 Å². The second-order valence-corrected chi connectivity index (χ2v) is 17.0. The van der Waals surface area contributed by atoms with E-state index in [2.05, 4.69) is 75.1 Å². The quantitative estimate of drug-likeness (QED) is 0.102. The fourth-order valence-corrected chi connectivity index (χ4v) is 8.71. The van der Waals surface area contributed by atoms with Crippen molar-refractivity contribution in [1.82, 2.24) is 40.4 Å². The number of methoxy groups -OCH3 is 2. The second-order valence-electron chi connectivity index (χ2n) is 17.0. The van der Waals surface area contributed by atoms with Gasteiger partial charge in [-0.2, -0.15) is 0 Å². The van der Waals surface area contributed by atoms with E-state index in [9.17, 15) is 19.2 Å². The molecule has 14 heteroatoms. The third-order valence-corrected chi connectivity index (χ3v) is 12.6. The summed E-state index contributed by atoms with van der Waals surface area (Å²) in [6.07, 6.45) is 13.1. The average molecular weight is 867 g/mol. The Hall–Kier alpha value is -6.88. The molecule has 5 atom stereocenters. The third kappa shape index (κ3) is 9.84. The maximum absolute atomic E-state index is 13.9. The average Bonchev–Trinajstić information content (AvgIpc) is 4.15. The van der Waals surface area contributed by atoms with Gasteiger partial charge in [0.25, 0.3) is 0 Å². The first-order chi connectivity index (χ1) is 30.9. The molecular weight excluding hydrogens is 809 g/mol. The van der Waals surface area contributed by atoms with E-state index in [4.69, 9.17) is 19.4 Å². The molecule has 64 heavy (non-hydrogen) atoms. The molecule has 334 valence electrons. The standard InChI is InChI=1S/C50H58N8O6/c1-8-31(4)44(56-50(62)64-7)48(60)58-27-13-17-42(58)46-52-38-25-23-36(28-39(38)53-46)33-15-11-9-10-14-32(5)37(24-22-33)34-18-20-35(21-19-34)40-29-51-45(54-40)41-16-12-26-57(41)47(59)43(30(2)3)55-49(61)63-6/h11,14,18-25,28-31,41-44H,5,8,12-13,15-17,26-27H2,1-4,6-7H3,(H,51,54)(H,52,53)(H,55,61)(H,56,62)/b14-11?,33-22+,37-24?/t31?,41-,42-,43-,44-/m0/s1. The molecule has 2 aliphatic heterocycles. The van der Waals surface area contributed by atoms with Gasteiger partial charge in [-0.3, -0.25) is 9.59 Å². The fourth-order valence-electron chi connectivity index (χ4n) is 8.71. The van der Waals surface area contributed by atoms with Crippen LogP contribution < -0.4 is 10.6 Å². The van der Waals surface area contributed by atoms with Crippen LogP contribution in [-0.4, -0.2) is 93.1 Å². The van der Waals surface area contributed by atoms with Gasteiger partial charge in [-0.05, 0) is 102 Å². The van der Waals surface area contributed by atoms with Crippen LogP contribution in [0.4, 0.5) is 9.59 Å². The molecular formula is C50H58N8O6. The fraction of sp³-hybridized carbons (Fsp3) is 0.400. The Morgan fingerprint density at radius 2 is 1.45 bits per heavy atom. The number of alkyl carbamates (subject to hydrolysis) is 2. The lowest BCUT2D eigenvalue weighted by Gasteiger charge is -2.30. The number of aromatic nitrogens is 4. The Morgan fingerprint density at radius 3 is 2.11 bits per heavy atom. The van der Waals surface area contributed by atoms with Crippen LogP contribution in [0.1, 0.15) is 101 Å². The van der Waals surface area contributed by atoms with Crippen LogP contribution in [-0.2, 0) is 19.1 Å². The molecule has 3 aliphatic rings. The van der Waals surface area contributed by atoms with Crippen molar-refractivity contribution in [3.05, 3.63) is 119 Å². The van der Waals surface area contributed by atoms with E-state index in [-0.39, 0.29) is 35.7 Å². The van der Waals surface area contributed by atoms with Crippen LogP contribution >= 0.6 is 0 Å². The normalized spacial score (nSPS) is 19.8. The van der Waals surface area contributed by atoms with Gasteiger partial charge < -0.3 is 39.9 Å². The summed E-state index contributed by atoms with van der Waals surface area (Å²) < 4.78 is 9.62. The summed E-state index contributed by atoms with van der Waals surface area (Å²) in [6, 6.07) is 12.5. The summed E-state index contributed by atoms with van der Waals surface area (Å²) >= 11 is 0. The minimum atomic E-state index is -0.706. The highest BCUT2D eigenvalue weighted by molar-refractivity contribution is 5.89. The zero-order valence-electron chi connectivity index (χ0n) is 37.5. The molecule has 0 bridgehead atoms. The number of carbonyl (C=O) groups excluding carboxylic acids is 4. The number of amides is 4. The van der Waals surface area contributed by atoms with Crippen molar-refractivity contribution in [2.24, 2.45) is 11.8 Å². The maximum Gasteiger partial charge on any atom is 0.407 e. The number of fused-ring (bicyclic) bond motifs is 1. The number of nitrogens with zero attached hydrogens (tertiary/aromatic N) is 4. The lowest BCUT2D eigenvalue weighted by Crippen LogP contribution is -2.51. The van der Waals surface area contributed by atoms with E-state index in [1.54, 1.807) is 11.1 Å². The smallest absolute Gasteiger partial charge is 0.407 e. The molecule has 0 spiro atoms. The number of hydrogen-bond donors (Lipinski definition) is 4.